The number of carbonyl (C=O) groups is 1. The van der Waals surface area contributed by atoms with Gasteiger partial charge < -0.3 is 5.11 Å². The van der Waals surface area contributed by atoms with Gasteiger partial charge in [0.1, 0.15) is 0 Å². The van der Waals surface area contributed by atoms with Gasteiger partial charge in [-0.25, -0.2) is 9.97 Å². The molecule has 6 heteroatoms. The molecule has 1 N–H and O–H groups in total. The lowest BCUT2D eigenvalue weighted by Gasteiger charge is -2.09. The van der Waals surface area contributed by atoms with Crippen molar-refractivity contribution in [2.45, 2.75) is 26.7 Å². The fraction of sp³-hybridized carbons (Fsp3) is 0.385. The fourth-order valence-electron chi connectivity index (χ4n) is 2.00. The predicted octanol–water partition coefficient (Wildman–Crippen LogP) is 1.51. The minimum Gasteiger partial charge on any atom is -0.481 e. The fourth-order valence-corrected chi connectivity index (χ4v) is 2.00. The Morgan fingerprint density at radius 2 is 1.95 bits per heavy atom. The summed E-state index contributed by atoms with van der Waals surface area (Å²) in [6, 6.07) is 0. The van der Waals surface area contributed by atoms with Gasteiger partial charge in [-0.3, -0.25) is 9.48 Å². The molecular weight excluding hydrogens is 244 g/mol. The topological polar surface area (TPSA) is 80.9 Å². The third-order valence-electron chi connectivity index (χ3n) is 2.97. The van der Waals surface area contributed by atoms with E-state index in [9.17, 15) is 4.79 Å². The first-order valence-electron chi connectivity index (χ1n) is 6.02. The third kappa shape index (κ3) is 2.96. The number of carboxylic acids is 1. The van der Waals surface area contributed by atoms with E-state index in [0.29, 0.717) is 12.2 Å². The maximum Gasteiger partial charge on any atom is 0.303 e. The molecule has 0 bridgehead atoms. The molecule has 0 aliphatic carbocycles. The molecule has 0 saturated heterocycles. The summed E-state index contributed by atoms with van der Waals surface area (Å²) < 4.78 is 1.70. The van der Waals surface area contributed by atoms with Crippen LogP contribution in [0.2, 0.25) is 0 Å². The van der Waals surface area contributed by atoms with Crippen molar-refractivity contribution in [3.63, 3.8) is 0 Å². The molecule has 100 valence electrons. The van der Waals surface area contributed by atoms with Crippen LogP contribution in [0.3, 0.4) is 0 Å². The number of aryl methyl sites for hydroxylation is 3. The van der Waals surface area contributed by atoms with E-state index in [1.165, 1.54) is 0 Å². The van der Waals surface area contributed by atoms with E-state index in [1.807, 2.05) is 27.1 Å². The molecule has 0 amide bonds. The molecule has 0 saturated carbocycles. The van der Waals surface area contributed by atoms with Crippen molar-refractivity contribution < 1.29 is 9.90 Å². The lowest BCUT2D eigenvalue weighted by molar-refractivity contribution is -0.136. The molecule has 19 heavy (non-hydrogen) atoms. The van der Waals surface area contributed by atoms with Crippen molar-refractivity contribution in [2.24, 2.45) is 7.05 Å². The van der Waals surface area contributed by atoms with Gasteiger partial charge in [0.05, 0.1) is 11.8 Å². The Bertz CT molecular complexity index is 596. The van der Waals surface area contributed by atoms with E-state index in [1.54, 1.807) is 10.9 Å². The van der Waals surface area contributed by atoms with Crippen molar-refractivity contribution in [3.05, 3.63) is 29.3 Å². The third-order valence-corrected chi connectivity index (χ3v) is 2.97. The average molecular weight is 260 g/mol. The predicted molar refractivity (Wildman–Crippen MR) is 69.7 cm³/mol. The van der Waals surface area contributed by atoms with E-state index in [4.69, 9.17) is 5.11 Å². The van der Waals surface area contributed by atoms with Crippen LogP contribution in [0.25, 0.3) is 11.4 Å². The van der Waals surface area contributed by atoms with Gasteiger partial charge in [-0.15, -0.1) is 0 Å². The van der Waals surface area contributed by atoms with Crippen LogP contribution >= 0.6 is 0 Å². The van der Waals surface area contributed by atoms with Crippen molar-refractivity contribution in [1.82, 2.24) is 19.7 Å². The number of carboxylic acid groups (broad SMARTS) is 1. The summed E-state index contributed by atoms with van der Waals surface area (Å²) in [7, 11) is 1.84. The Morgan fingerprint density at radius 1 is 1.32 bits per heavy atom. The van der Waals surface area contributed by atoms with Gasteiger partial charge in [0.25, 0.3) is 0 Å². The average Bonchev–Trinajstić information content (AvgIpc) is 2.74. The van der Waals surface area contributed by atoms with Crippen molar-refractivity contribution in [1.29, 1.82) is 0 Å². The summed E-state index contributed by atoms with van der Waals surface area (Å²) in [5, 5.41) is 12.8. The Labute approximate surface area is 111 Å². The van der Waals surface area contributed by atoms with Crippen molar-refractivity contribution in [3.8, 4) is 11.4 Å². The molecule has 0 aliphatic rings. The number of nitrogens with zero attached hydrogens (tertiary/aromatic N) is 4. The number of aromatic nitrogens is 4. The highest BCUT2D eigenvalue weighted by Crippen LogP contribution is 2.19. The summed E-state index contributed by atoms with van der Waals surface area (Å²) in [4.78, 5) is 19.5. The molecule has 0 atom stereocenters. The second kappa shape index (κ2) is 5.17. The van der Waals surface area contributed by atoms with Crippen LogP contribution in [0.5, 0.6) is 0 Å². The first-order valence-corrected chi connectivity index (χ1v) is 6.02. The van der Waals surface area contributed by atoms with Crippen LogP contribution in [0.15, 0.2) is 12.4 Å². The van der Waals surface area contributed by atoms with Crippen molar-refractivity contribution in [2.75, 3.05) is 0 Å². The number of aliphatic carboxylic acids is 1. The van der Waals surface area contributed by atoms with Crippen LogP contribution in [0.1, 0.15) is 23.4 Å². The van der Waals surface area contributed by atoms with Crippen LogP contribution in [-0.2, 0) is 18.3 Å². The Hall–Kier alpha value is -2.24. The van der Waals surface area contributed by atoms with E-state index in [0.717, 1.165) is 22.5 Å². The Balaban J connectivity index is 2.33. The normalized spacial score (nSPS) is 10.7. The van der Waals surface area contributed by atoms with Crippen LogP contribution in [0.4, 0.5) is 0 Å². The van der Waals surface area contributed by atoms with Gasteiger partial charge in [-0.2, -0.15) is 5.10 Å². The highest BCUT2D eigenvalue weighted by Gasteiger charge is 2.12. The van der Waals surface area contributed by atoms with Crippen LogP contribution in [0, 0.1) is 13.8 Å². The smallest absolute Gasteiger partial charge is 0.303 e. The largest absolute Gasteiger partial charge is 0.481 e. The van der Waals surface area contributed by atoms with Gasteiger partial charge >= 0.3 is 5.97 Å². The number of hydrogen-bond donors (Lipinski definition) is 1. The molecule has 0 fully saturated rings. The Morgan fingerprint density at radius 3 is 2.42 bits per heavy atom. The van der Waals surface area contributed by atoms with Gasteiger partial charge in [-0.1, -0.05) is 0 Å². The molecule has 6 nitrogen and oxygen atoms in total. The molecule has 2 rings (SSSR count). The zero-order chi connectivity index (χ0) is 14.0. The molecule has 2 heterocycles. The summed E-state index contributed by atoms with van der Waals surface area (Å²) >= 11 is 0. The molecule has 2 aromatic heterocycles. The van der Waals surface area contributed by atoms with E-state index < -0.39 is 5.97 Å². The summed E-state index contributed by atoms with van der Waals surface area (Å²) in [6.45, 7) is 3.76. The minimum atomic E-state index is -0.810. The van der Waals surface area contributed by atoms with E-state index in [-0.39, 0.29) is 6.42 Å². The second-order valence-electron chi connectivity index (χ2n) is 4.49. The SMILES string of the molecule is Cc1nc(-c2cnn(C)c2)nc(C)c1CCC(=O)O. The molecule has 0 spiro atoms. The first kappa shape index (κ1) is 13.2. The second-order valence-corrected chi connectivity index (χ2v) is 4.49. The first-order chi connectivity index (χ1) is 8.97. The maximum atomic E-state index is 10.6. The van der Waals surface area contributed by atoms with Gasteiger partial charge in [0.2, 0.25) is 0 Å². The maximum absolute atomic E-state index is 10.6. The quantitative estimate of drug-likeness (QED) is 0.901. The zero-order valence-electron chi connectivity index (χ0n) is 11.2. The standard InChI is InChI=1S/C13H16N4O2/c1-8-11(4-5-12(18)19)9(2)16-13(15-8)10-6-14-17(3)7-10/h6-7H,4-5H2,1-3H3,(H,18,19). The minimum absolute atomic E-state index is 0.0945. The van der Waals surface area contributed by atoms with E-state index >= 15 is 0 Å². The number of rotatable bonds is 4. The summed E-state index contributed by atoms with van der Waals surface area (Å²) in [6.07, 6.45) is 4.12. The van der Waals surface area contributed by atoms with Crippen LogP contribution < -0.4 is 0 Å². The van der Waals surface area contributed by atoms with Crippen molar-refractivity contribution >= 4 is 5.97 Å². The Kier molecular flexibility index (Phi) is 3.59. The van der Waals surface area contributed by atoms with Gasteiger partial charge in [0, 0.05) is 31.1 Å². The lowest BCUT2D eigenvalue weighted by Crippen LogP contribution is -2.05. The summed E-state index contributed by atoms with van der Waals surface area (Å²) in [5.41, 5.74) is 3.42. The molecule has 0 radical (unpaired) electrons. The monoisotopic (exact) mass is 260 g/mol. The van der Waals surface area contributed by atoms with Gasteiger partial charge in [0.15, 0.2) is 5.82 Å². The zero-order valence-corrected chi connectivity index (χ0v) is 11.2. The van der Waals surface area contributed by atoms with Crippen LogP contribution in [-0.4, -0.2) is 30.8 Å². The highest BCUT2D eigenvalue weighted by molar-refractivity contribution is 5.67. The molecule has 0 aromatic carbocycles. The summed E-state index contributed by atoms with van der Waals surface area (Å²) in [5.74, 6) is -0.183. The lowest BCUT2D eigenvalue weighted by atomic mass is 10.1. The van der Waals surface area contributed by atoms with Gasteiger partial charge in [-0.05, 0) is 25.8 Å². The van der Waals surface area contributed by atoms with E-state index in [2.05, 4.69) is 15.1 Å². The highest BCUT2D eigenvalue weighted by atomic mass is 16.4. The number of hydrogen-bond acceptors (Lipinski definition) is 4. The molecule has 0 aliphatic heterocycles. The molecular formula is C13H16N4O2. The molecule has 0 unspecified atom stereocenters. The molecule has 2 aromatic rings.